The Bertz CT molecular complexity index is 920. The minimum atomic E-state index is 0.787. The van der Waals surface area contributed by atoms with Crippen molar-refractivity contribution in [3.8, 4) is 0 Å². The zero-order valence-electron chi connectivity index (χ0n) is 15.3. The van der Waals surface area contributed by atoms with Crippen LogP contribution in [0, 0.1) is 6.92 Å². The zero-order chi connectivity index (χ0) is 18.1. The second-order valence-corrected chi connectivity index (χ2v) is 7.39. The van der Waals surface area contributed by atoms with Crippen LogP contribution < -0.4 is 4.90 Å². The third-order valence-electron chi connectivity index (χ3n) is 5.19. The van der Waals surface area contributed by atoms with Gasteiger partial charge >= 0.3 is 0 Å². The molecule has 0 aliphatic carbocycles. The number of rotatable bonds is 3. The first-order chi connectivity index (χ1) is 12.6. The Morgan fingerprint density at radius 2 is 2.00 bits per heavy atom. The van der Waals surface area contributed by atoms with Crippen LogP contribution in [0.25, 0.3) is 10.9 Å². The average Bonchev–Trinajstić information content (AvgIpc) is 2.80. The summed E-state index contributed by atoms with van der Waals surface area (Å²) < 4.78 is 1.93. The van der Waals surface area contributed by atoms with Crippen molar-refractivity contribution in [3.05, 3.63) is 52.9 Å². The maximum Gasteiger partial charge on any atom is 0.0858 e. The molecule has 1 saturated heterocycles. The molecule has 136 valence electrons. The number of anilines is 1. The van der Waals surface area contributed by atoms with Crippen LogP contribution in [0.2, 0.25) is 5.02 Å². The third kappa shape index (κ3) is 3.29. The number of hydrogen-bond acceptors (Lipinski definition) is 4. The fraction of sp³-hybridized carbons (Fsp3) is 0.400. The molecule has 2 aromatic heterocycles. The summed E-state index contributed by atoms with van der Waals surface area (Å²) in [5.41, 5.74) is 4.70. The van der Waals surface area contributed by atoms with E-state index in [1.54, 1.807) is 0 Å². The summed E-state index contributed by atoms with van der Waals surface area (Å²) in [6.45, 7) is 7.15. The normalized spacial score (nSPS) is 16.2. The van der Waals surface area contributed by atoms with Crippen LogP contribution in [0.4, 0.5) is 5.69 Å². The van der Waals surface area contributed by atoms with E-state index in [1.807, 2.05) is 36.3 Å². The van der Waals surface area contributed by atoms with Crippen LogP contribution in [0.3, 0.4) is 0 Å². The van der Waals surface area contributed by atoms with Gasteiger partial charge in [-0.05, 0) is 37.1 Å². The molecule has 0 bridgehead atoms. The molecule has 5 nitrogen and oxygen atoms in total. The van der Waals surface area contributed by atoms with Gasteiger partial charge in [0.1, 0.15) is 0 Å². The summed E-state index contributed by atoms with van der Waals surface area (Å²) in [4.78, 5) is 9.17. The SMILES string of the molecule is Cc1cnccc1N1CCCN(Cc2nn(C)c3cccc(Cl)c23)CC1. The molecule has 1 fully saturated rings. The van der Waals surface area contributed by atoms with Crippen molar-refractivity contribution in [2.45, 2.75) is 19.9 Å². The lowest BCUT2D eigenvalue weighted by molar-refractivity contribution is 0.282. The van der Waals surface area contributed by atoms with Gasteiger partial charge in [-0.2, -0.15) is 5.10 Å². The minimum Gasteiger partial charge on any atom is -0.370 e. The fourth-order valence-corrected chi connectivity index (χ4v) is 4.14. The molecule has 26 heavy (non-hydrogen) atoms. The number of aryl methyl sites for hydroxylation is 2. The van der Waals surface area contributed by atoms with Crippen LogP contribution in [0.5, 0.6) is 0 Å². The third-order valence-corrected chi connectivity index (χ3v) is 5.51. The minimum absolute atomic E-state index is 0.787. The summed E-state index contributed by atoms with van der Waals surface area (Å²) in [7, 11) is 1.98. The Hall–Kier alpha value is -2.11. The summed E-state index contributed by atoms with van der Waals surface area (Å²) in [6.07, 6.45) is 4.97. The molecule has 0 spiro atoms. The van der Waals surface area contributed by atoms with Gasteiger partial charge in [-0.1, -0.05) is 17.7 Å². The van der Waals surface area contributed by atoms with Gasteiger partial charge in [0.05, 0.1) is 16.2 Å². The van der Waals surface area contributed by atoms with E-state index in [0.29, 0.717) is 0 Å². The molecule has 1 aromatic carbocycles. The van der Waals surface area contributed by atoms with Crippen LogP contribution in [0.1, 0.15) is 17.7 Å². The second-order valence-electron chi connectivity index (χ2n) is 6.98. The van der Waals surface area contributed by atoms with E-state index < -0.39 is 0 Å². The first-order valence-corrected chi connectivity index (χ1v) is 9.49. The molecule has 4 rings (SSSR count). The van der Waals surface area contributed by atoms with Crippen LogP contribution >= 0.6 is 11.6 Å². The Kier molecular flexibility index (Phi) is 4.83. The van der Waals surface area contributed by atoms with Gasteiger partial charge in [0.15, 0.2) is 0 Å². The van der Waals surface area contributed by atoms with Crippen molar-refractivity contribution in [2.24, 2.45) is 7.05 Å². The number of fused-ring (bicyclic) bond motifs is 1. The molecule has 0 unspecified atom stereocenters. The van der Waals surface area contributed by atoms with Crippen molar-refractivity contribution >= 4 is 28.2 Å². The molecule has 0 radical (unpaired) electrons. The van der Waals surface area contributed by atoms with Crippen molar-refractivity contribution in [2.75, 3.05) is 31.1 Å². The molecule has 6 heteroatoms. The molecular weight excluding hydrogens is 346 g/mol. The van der Waals surface area contributed by atoms with E-state index in [0.717, 1.165) is 60.8 Å². The molecule has 3 aromatic rings. The van der Waals surface area contributed by atoms with Gasteiger partial charge in [0.25, 0.3) is 0 Å². The maximum atomic E-state index is 6.46. The molecular formula is C20H24ClN5. The molecule has 0 N–H and O–H groups in total. The largest absolute Gasteiger partial charge is 0.370 e. The lowest BCUT2D eigenvalue weighted by atomic mass is 10.2. The number of aromatic nitrogens is 3. The smallest absolute Gasteiger partial charge is 0.0858 e. The Labute approximate surface area is 159 Å². The highest BCUT2D eigenvalue weighted by molar-refractivity contribution is 6.35. The van der Waals surface area contributed by atoms with Crippen molar-refractivity contribution in [3.63, 3.8) is 0 Å². The van der Waals surface area contributed by atoms with E-state index in [4.69, 9.17) is 16.7 Å². The highest BCUT2D eigenvalue weighted by Crippen LogP contribution is 2.27. The average molecular weight is 370 g/mol. The van der Waals surface area contributed by atoms with E-state index in [-0.39, 0.29) is 0 Å². The van der Waals surface area contributed by atoms with E-state index in [2.05, 4.69) is 33.8 Å². The first-order valence-electron chi connectivity index (χ1n) is 9.11. The maximum absolute atomic E-state index is 6.46. The molecule has 0 amide bonds. The number of nitrogens with zero attached hydrogens (tertiary/aromatic N) is 5. The van der Waals surface area contributed by atoms with Gasteiger partial charge in [-0.25, -0.2) is 0 Å². The number of halogens is 1. The van der Waals surface area contributed by atoms with Gasteiger partial charge in [-0.15, -0.1) is 0 Å². The van der Waals surface area contributed by atoms with Crippen LogP contribution in [-0.2, 0) is 13.6 Å². The van der Waals surface area contributed by atoms with Crippen LogP contribution in [0.15, 0.2) is 36.7 Å². The predicted octanol–water partition coefficient (Wildman–Crippen LogP) is 3.64. The lowest BCUT2D eigenvalue weighted by Crippen LogP contribution is -2.31. The van der Waals surface area contributed by atoms with E-state index >= 15 is 0 Å². The zero-order valence-corrected chi connectivity index (χ0v) is 16.1. The van der Waals surface area contributed by atoms with Gasteiger partial charge in [0.2, 0.25) is 0 Å². The lowest BCUT2D eigenvalue weighted by Gasteiger charge is -2.24. The number of pyridine rings is 1. The fourth-order valence-electron chi connectivity index (χ4n) is 3.87. The standard InChI is InChI=1S/C20H24ClN5/c1-15-13-22-8-7-18(15)26-10-4-9-25(11-12-26)14-17-20-16(21)5-3-6-19(20)24(2)23-17/h3,5-8,13H,4,9-12,14H2,1-2H3. The molecule has 1 aliphatic heterocycles. The summed E-state index contributed by atoms with van der Waals surface area (Å²) in [6, 6.07) is 8.13. The first kappa shape index (κ1) is 17.3. The Balaban J connectivity index is 1.52. The molecule has 1 aliphatic rings. The van der Waals surface area contributed by atoms with Gasteiger partial charge < -0.3 is 4.90 Å². The van der Waals surface area contributed by atoms with E-state index in [9.17, 15) is 0 Å². The topological polar surface area (TPSA) is 37.2 Å². The van der Waals surface area contributed by atoms with Gasteiger partial charge in [0, 0.05) is 63.2 Å². The summed E-state index contributed by atoms with van der Waals surface area (Å²) in [5, 5.41) is 6.61. The Morgan fingerprint density at radius 1 is 1.12 bits per heavy atom. The van der Waals surface area contributed by atoms with Crippen molar-refractivity contribution in [1.29, 1.82) is 0 Å². The predicted molar refractivity (Wildman–Crippen MR) is 107 cm³/mol. The molecule has 0 saturated carbocycles. The van der Waals surface area contributed by atoms with Gasteiger partial charge in [-0.3, -0.25) is 14.6 Å². The van der Waals surface area contributed by atoms with Crippen molar-refractivity contribution < 1.29 is 0 Å². The van der Waals surface area contributed by atoms with Crippen LogP contribution in [-0.4, -0.2) is 45.8 Å². The Morgan fingerprint density at radius 3 is 2.85 bits per heavy atom. The summed E-state index contributed by atoms with van der Waals surface area (Å²) >= 11 is 6.46. The second kappa shape index (κ2) is 7.25. The quantitative estimate of drug-likeness (QED) is 0.706. The number of benzene rings is 1. The highest BCUT2D eigenvalue weighted by Gasteiger charge is 2.19. The number of hydrogen-bond donors (Lipinski definition) is 0. The highest BCUT2D eigenvalue weighted by atomic mass is 35.5. The van der Waals surface area contributed by atoms with Crippen molar-refractivity contribution in [1.82, 2.24) is 19.7 Å². The monoisotopic (exact) mass is 369 g/mol. The van der Waals surface area contributed by atoms with E-state index in [1.165, 1.54) is 11.3 Å². The molecule has 0 atom stereocenters. The summed E-state index contributed by atoms with van der Waals surface area (Å²) in [5.74, 6) is 0. The molecule has 3 heterocycles.